The summed E-state index contributed by atoms with van der Waals surface area (Å²) in [5.41, 5.74) is 0.339. The SMILES string of the molecule is CCN(CC)CCN(C(=O)CCCS(=O)(=O)c1ccc(Cl)cc1)c1nc2c(S(C)(=O)=O)cccc2s1. The lowest BCUT2D eigenvalue weighted by atomic mass is 10.3. The van der Waals surface area contributed by atoms with Crippen LogP contribution in [-0.2, 0) is 24.5 Å². The molecule has 0 spiro atoms. The van der Waals surface area contributed by atoms with Crippen LogP contribution >= 0.6 is 22.9 Å². The van der Waals surface area contributed by atoms with Crippen LogP contribution in [0.2, 0.25) is 5.02 Å². The Labute approximate surface area is 221 Å². The highest BCUT2D eigenvalue weighted by Crippen LogP contribution is 2.33. The van der Waals surface area contributed by atoms with Gasteiger partial charge in [0.15, 0.2) is 24.8 Å². The number of nitrogens with zero attached hydrogens (tertiary/aromatic N) is 3. The first kappa shape index (κ1) is 28.5. The molecule has 8 nitrogen and oxygen atoms in total. The summed E-state index contributed by atoms with van der Waals surface area (Å²) in [4.78, 5) is 21.8. The predicted molar refractivity (Wildman–Crippen MR) is 146 cm³/mol. The first-order valence-corrected chi connectivity index (χ1v) is 16.3. The zero-order valence-corrected chi connectivity index (χ0v) is 23.7. The average Bonchev–Trinajstić information content (AvgIpc) is 3.25. The highest BCUT2D eigenvalue weighted by molar-refractivity contribution is 7.91. The number of anilines is 1. The summed E-state index contributed by atoms with van der Waals surface area (Å²) in [5.74, 6) is -0.434. The monoisotopic (exact) mass is 571 g/mol. The van der Waals surface area contributed by atoms with Crippen LogP contribution in [0.4, 0.5) is 5.13 Å². The van der Waals surface area contributed by atoms with Gasteiger partial charge in [-0.25, -0.2) is 21.8 Å². The van der Waals surface area contributed by atoms with E-state index in [0.717, 1.165) is 19.3 Å². The number of amides is 1. The van der Waals surface area contributed by atoms with Gasteiger partial charge in [0.25, 0.3) is 0 Å². The molecule has 0 bridgehead atoms. The number of sulfone groups is 2. The number of rotatable bonds is 12. The normalized spacial score (nSPS) is 12.4. The Morgan fingerprint density at radius 3 is 2.28 bits per heavy atom. The van der Waals surface area contributed by atoms with Gasteiger partial charge >= 0.3 is 0 Å². The molecular formula is C24H30ClN3O5S3. The minimum absolute atomic E-state index is 0.0138. The third kappa shape index (κ3) is 7.04. The number of aromatic nitrogens is 1. The number of para-hydroxylation sites is 1. The molecule has 2 aromatic carbocycles. The fraction of sp³-hybridized carbons (Fsp3) is 0.417. The average molecular weight is 572 g/mol. The van der Waals surface area contributed by atoms with Gasteiger partial charge in [0, 0.05) is 30.8 Å². The lowest BCUT2D eigenvalue weighted by Crippen LogP contribution is -2.39. The third-order valence-corrected chi connectivity index (χ3v) is 10.1. The van der Waals surface area contributed by atoms with Crippen LogP contribution < -0.4 is 4.90 Å². The summed E-state index contributed by atoms with van der Waals surface area (Å²) in [6.45, 7) is 6.67. The van der Waals surface area contributed by atoms with Crippen molar-refractivity contribution >= 4 is 63.9 Å². The van der Waals surface area contributed by atoms with Gasteiger partial charge in [0.1, 0.15) is 5.52 Å². The van der Waals surface area contributed by atoms with Gasteiger partial charge < -0.3 is 4.90 Å². The highest BCUT2D eigenvalue weighted by atomic mass is 35.5. The third-order valence-electron chi connectivity index (χ3n) is 5.81. The molecule has 1 amide bonds. The molecule has 1 aromatic heterocycles. The summed E-state index contributed by atoms with van der Waals surface area (Å²) in [6, 6.07) is 10.9. The van der Waals surface area contributed by atoms with Gasteiger partial charge in [-0.05, 0) is 55.9 Å². The minimum atomic E-state index is -3.56. The fourth-order valence-corrected chi connectivity index (χ4v) is 7.11. The Balaban J connectivity index is 1.83. The largest absolute Gasteiger partial charge is 0.302 e. The summed E-state index contributed by atoms with van der Waals surface area (Å²) in [7, 11) is -7.05. The van der Waals surface area contributed by atoms with Gasteiger partial charge in [0.2, 0.25) is 5.91 Å². The second-order valence-electron chi connectivity index (χ2n) is 8.32. The van der Waals surface area contributed by atoms with Crippen molar-refractivity contribution in [3.05, 3.63) is 47.5 Å². The van der Waals surface area contributed by atoms with E-state index in [1.807, 2.05) is 13.8 Å². The van der Waals surface area contributed by atoms with Crippen LogP contribution in [0.15, 0.2) is 52.3 Å². The number of likely N-dealkylation sites (N-methyl/N-ethyl adjacent to an activating group) is 1. The van der Waals surface area contributed by atoms with Gasteiger partial charge in [-0.15, -0.1) is 0 Å². The van der Waals surface area contributed by atoms with E-state index in [4.69, 9.17) is 11.6 Å². The van der Waals surface area contributed by atoms with Crippen molar-refractivity contribution in [2.75, 3.05) is 43.1 Å². The lowest BCUT2D eigenvalue weighted by Gasteiger charge is -2.24. The molecule has 36 heavy (non-hydrogen) atoms. The number of benzene rings is 2. The van der Waals surface area contributed by atoms with Crippen molar-refractivity contribution in [3.63, 3.8) is 0 Å². The lowest BCUT2D eigenvalue weighted by molar-refractivity contribution is -0.118. The molecule has 0 aliphatic heterocycles. The number of carbonyl (C=O) groups is 1. The number of hydrogen-bond acceptors (Lipinski definition) is 8. The maximum atomic E-state index is 13.3. The molecule has 12 heteroatoms. The van der Waals surface area contributed by atoms with Crippen LogP contribution in [0, 0.1) is 0 Å². The molecule has 1 heterocycles. The summed E-state index contributed by atoms with van der Waals surface area (Å²) >= 11 is 7.10. The zero-order valence-electron chi connectivity index (χ0n) is 20.5. The van der Waals surface area contributed by atoms with E-state index < -0.39 is 19.7 Å². The summed E-state index contributed by atoms with van der Waals surface area (Å²) < 4.78 is 50.5. The topological polar surface area (TPSA) is 105 Å². The second kappa shape index (κ2) is 12.0. The van der Waals surface area contributed by atoms with Crippen LogP contribution in [0.5, 0.6) is 0 Å². The molecule has 0 fully saturated rings. The highest BCUT2D eigenvalue weighted by Gasteiger charge is 2.24. The Morgan fingerprint density at radius 1 is 1.00 bits per heavy atom. The van der Waals surface area contributed by atoms with E-state index in [0.29, 0.717) is 33.5 Å². The number of fused-ring (bicyclic) bond motifs is 1. The molecule has 0 aliphatic rings. The predicted octanol–water partition coefficient (Wildman–Crippen LogP) is 4.28. The van der Waals surface area contributed by atoms with Crippen LogP contribution in [0.1, 0.15) is 26.7 Å². The summed E-state index contributed by atoms with van der Waals surface area (Å²) in [5, 5.41) is 0.849. The van der Waals surface area contributed by atoms with E-state index in [-0.39, 0.29) is 34.3 Å². The second-order valence-corrected chi connectivity index (χ2v) is 13.9. The molecule has 3 aromatic rings. The molecule has 196 valence electrons. The molecule has 0 saturated heterocycles. The van der Waals surface area contributed by atoms with E-state index in [1.165, 1.54) is 41.7 Å². The Bertz CT molecular complexity index is 1420. The van der Waals surface area contributed by atoms with Crippen LogP contribution in [0.25, 0.3) is 10.2 Å². The van der Waals surface area contributed by atoms with E-state index in [2.05, 4.69) is 9.88 Å². The van der Waals surface area contributed by atoms with Gasteiger partial charge in [-0.1, -0.05) is 42.9 Å². The maximum absolute atomic E-state index is 13.3. The van der Waals surface area contributed by atoms with E-state index in [1.54, 1.807) is 17.0 Å². The molecular weight excluding hydrogens is 542 g/mol. The van der Waals surface area contributed by atoms with Crippen molar-refractivity contribution in [2.24, 2.45) is 0 Å². The fourth-order valence-electron chi connectivity index (χ4n) is 3.74. The number of hydrogen-bond donors (Lipinski definition) is 0. The molecule has 0 unspecified atom stereocenters. The quantitative estimate of drug-likeness (QED) is 0.319. The van der Waals surface area contributed by atoms with E-state index >= 15 is 0 Å². The molecule has 0 atom stereocenters. The maximum Gasteiger partial charge on any atom is 0.228 e. The van der Waals surface area contributed by atoms with Gasteiger partial charge in [0.05, 0.1) is 20.2 Å². The van der Waals surface area contributed by atoms with E-state index in [9.17, 15) is 21.6 Å². The Kier molecular flexibility index (Phi) is 9.50. The standard InChI is InChI=1S/C24H30ClN3O5S3/c1-4-27(5-2)15-16-28(24-26-23-20(34-24)8-6-9-21(23)35(3,30)31)22(29)10-7-17-36(32,33)19-13-11-18(25)12-14-19/h6,8-9,11-14H,4-5,7,10,15-17H2,1-3H3. The molecule has 0 saturated carbocycles. The van der Waals surface area contributed by atoms with Crippen molar-refractivity contribution in [1.29, 1.82) is 0 Å². The molecule has 0 radical (unpaired) electrons. The molecule has 0 N–H and O–H groups in total. The number of halogens is 1. The van der Waals surface area contributed by atoms with Crippen molar-refractivity contribution in [3.8, 4) is 0 Å². The minimum Gasteiger partial charge on any atom is -0.302 e. The summed E-state index contributed by atoms with van der Waals surface area (Å²) in [6.07, 6.45) is 1.29. The number of thiazole rings is 1. The van der Waals surface area contributed by atoms with Gasteiger partial charge in [-0.2, -0.15) is 0 Å². The van der Waals surface area contributed by atoms with Crippen molar-refractivity contribution in [1.82, 2.24) is 9.88 Å². The zero-order chi connectivity index (χ0) is 26.5. The Hall–Kier alpha value is -2.05. The number of carbonyl (C=O) groups excluding carboxylic acids is 1. The van der Waals surface area contributed by atoms with Crippen LogP contribution in [0.3, 0.4) is 0 Å². The van der Waals surface area contributed by atoms with Crippen molar-refractivity contribution in [2.45, 2.75) is 36.5 Å². The molecule has 0 aliphatic carbocycles. The van der Waals surface area contributed by atoms with Crippen LogP contribution in [-0.4, -0.2) is 70.8 Å². The molecule has 3 rings (SSSR count). The van der Waals surface area contributed by atoms with Crippen molar-refractivity contribution < 1.29 is 21.6 Å². The Morgan fingerprint density at radius 2 is 1.67 bits per heavy atom. The smallest absolute Gasteiger partial charge is 0.228 e. The van der Waals surface area contributed by atoms with Gasteiger partial charge in [-0.3, -0.25) is 9.69 Å². The first-order valence-electron chi connectivity index (χ1n) is 11.6. The first-order chi connectivity index (χ1) is 17.0.